The molecule has 15 nitrogen and oxygen atoms in total. The van der Waals surface area contributed by atoms with Crippen LogP contribution in [-0.4, -0.2) is 54.4 Å². The van der Waals surface area contributed by atoms with Crippen molar-refractivity contribution in [1.82, 2.24) is 30.1 Å². The number of nitrogens with one attached hydrogen (secondary N) is 2. The summed E-state index contributed by atoms with van der Waals surface area (Å²) < 4.78 is 98.1. The van der Waals surface area contributed by atoms with E-state index in [1.807, 2.05) is 4.72 Å². The first-order valence-corrected chi connectivity index (χ1v) is 15.9. The van der Waals surface area contributed by atoms with Gasteiger partial charge in [-0.3, -0.25) is 10.1 Å². The molecule has 0 saturated carbocycles. The Balaban J connectivity index is 1.40. The lowest BCUT2D eigenvalue weighted by Gasteiger charge is -2.07. The first-order valence-electron chi connectivity index (χ1n) is 11.6. The van der Waals surface area contributed by atoms with E-state index in [-0.39, 0.29) is 22.4 Å². The summed E-state index contributed by atoms with van der Waals surface area (Å²) in [6.07, 6.45) is -3.91. The minimum absolute atomic E-state index is 0.0793. The van der Waals surface area contributed by atoms with Crippen molar-refractivity contribution in [2.24, 2.45) is 5.14 Å². The van der Waals surface area contributed by atoms with Gasteiger partial charge in [0.25, 0.3) is 16.1 Å². The average Bonchev–Trinajstić information content (AvgIpc) is 3.66. The van der Waals surface area contributed by atoms with Gasteiger partial charge in [0, 0.05) is 11.8 Å². The predicted molar refractivity (Wildman–Crippen MR) is 143 cm³/mol. The fraction of sp³-hybridized carbons (Fsp3) is 0.182. The van der Waals surface area contributed by atoms with Gasteiger partial charge in [-0.15, -0.1) is 26.6 Å². The SMILES string of the molecule is CS(=O)(=O)C(c1nnc(CNS(N)(=O)=O)o1)c1nc2ccc(-c3cccc(C(=O)Nc4nnc(C(F)(F)F)o4)c3)cc2s1. The molecule has 2 aromatic carbocycles. The number of nitrogens with zero attached hydrogens (tertiary/aromatic N) is 5. The molecule has 21 heteroatoms. The number of carbonyl (C=O) groups excluding carboxylic acids is 1. The van der Waals surface area contributed by atoms with Gasteiger partial charge in [-0.25, -0.2) is 18.5 Å². The molecule has 226 valence electrons. The molecular weight excluding hydrogens is 641 g/mol. The zero-order valence-electron chi connectivity index (χ0n) is 21.4. The summed E-state index contributed by atoms with van der Waals surface area (Å²) in [5.41, 5.74) is 1.68. The van der Waals surface area contributed by atoms with Gasteiger partial charge in [0.15, 0.2) is 15.1 Å². The van der Waals surface area contributed by atoms with Gasteiger partial charge in [0.05, 0.1) is 16.8 Å². The van der Waals surface area contributed by atoms with Gasteiger partial charge in [-0.1, -0.05) is 23.3 Å². The van der Waals surface area contributed by atoms with Crippen molar-refractivity contribution >= 4 is 53.5 Å². The second-order valence-electron chi connectivity index (χ2n) is 8.79. The van der Waals surface area contributed by atoms with Crippen molar-refractivity contribution in [3.05, 3.63) is 70.7 Å². The first-order chi connectivity index (χ1) is 20.1. The Bertz CT molecular complexity index is 2060. The zero-order valence-corrected chi connectivity index (χ0v) is 23.8. The van der Waals surface area contributed by atoms with Crippen LogP contribution >= 0.6 is 11.3 Å². The molecule has 0 spiro atoms. The molecule has 5 aromatic rings. The minimum atomic E-state index is -4.87. The van der Waals surface area contributed by atoms with Gasteiger partial charge >= 0.3 is 18.1 Å². The number of thiazole rings is 1. The summed E-state index contributed by atoms with van der Waals surface area (Å²) in [6, 6.07) is 10.4. The van der Waals surface area contributed by atoms with E-state index < -0.39 is 55.8 Å². The largest absolute Gasteiger partial charge is 0.470 e. The molecule has 0 bridgehead atoms. The zero-order chi connectivity index (χ0) is 31.2. The lowest BCUT2D eigenvalue weighted by molar-refractivity contribution is -0.156. The Morgan fingerprint density at radius 1 is 1.02 bits per heavy atom. The highest BCUT2D eigenvalue weighted by Crippen LogP contribution is 2.36. The number of nitrogens with two attached hydrogens (primary N) is 1. The van der Waals surface area contributed by atoms with Crippen molar-refractivity contribution in [2.45, 2.75) is 18.0 Å². The van der Waals surface area contributed by atoms with Crippen LogP contribution < -0.4 is 15.2 Å². The van der Waals surface area contributed by atoms with E-state index in [2.05, 4.69) is 35.1 Å². The molecule has 5 rings (SSSR count). The molecule has 0 aliphatic heterocycles. The first kappa shape index (κ1) is 30.2. The van der Waals surface area contributed by atoms with Gasteiger partial charge in [-0.2, -0.15) is 26.3 Å². The average molecular weight is 659 g/mol. The highest BCUT2D eigenvalue weighted by Gasteiger charge is 2.38. The summed E-state index contributed by atoms with van der Waals surface area (Å²) in [5, 5.41) is 19.1. The quantitative estimate of drug-likeness (QED) is 0.208. The number of amides is 1. The third-order valence-electron chi connectivity index (χ3n) is 5.53. The van der Waals surface area contributed by atoms with Gasteiger partial charge in [0.1, 0.15) is 5.01 Å². The second-order valence-corrected chi connectivity index (χ2v) is 13.4. The smallest absolute Gasteiger partial charge is 0.422 e. The summed E-state index contributed by atoms with van der Waals surface area (Å²) in [7, 11) is -7.95. The summed E-state index contributed by atoms with van der Waals surface area (Å²) in [6.45, 7) is -0.452. The number of anilines is 1. The number of rotatable bonds is 9. The van der Waals surface area contributed by atoms with E-state index >= 15 is 0 Å². The molecule has 0 aliphatic carbocycles. The third-order valence-corrected chi connectivity index (χ3v) is 8.59. The Morgan fingerprint density at radius 2 is 1.77 bits per heavy atom. The molecule has 0 saturated heterocycles. The monoisotopic (exact) mass is 658 g/mol. The van der Waals surface area contributed by atoms with E-state index in [0.29, 0.717) is 21.3 Å². The summed E-state index contributed by atoms with van der Waals surface area (Å²) in [5.74, 6) is -2.94. The van der Waals surface area contributed by atoms with Crippen LogP contribution in [-0.2, 0) is 32.8 Å². The van der Waals surface area contributed by atoms with Crippen LogP contribution in [0.2, 0.25) is 0 Å². The van der Waals surface area contributed by atoms with E-state index in [0.717, 1.165) is 17.6 Å². The van der Waals surface area contributed by atoms with Crippen LogP contribution in [0.15, 0.2) is 51.3 Å². The number of sulfone groups is 1. The van der Waals surface area contributed by atoms with Crippen molar-refractivity contribution in [2.75, 3.05) is 11.6 Å². The van der Waals surface area contributed by atoms with Crippen LogP contribution in [0, 0.1) is 0 Å². The number of aromatic nitrogens is 5. The lowest BCUT2D eigenvalue weighted by atomic mass is 10.0. The molecule has 1 unspecified atom stereocenters. The molecule has 3 aromatic heterocycles. The number of fused-ring (bicyclic) bond motifs is 1. The van der Waals surface area contributed by atoms with Gasteiger partial charge < -0.3 is 8.83 Å². The topological polar surface area (TPSA) is 226 Å². The summed E-state index contributed by atoms with van der Waals surface area (Å²) >= 11 is 1.03. The second kappa shape index (κ2) is 11.1. The number of halogens is 3. The van der Waals surface area contributed by atoms with Crippen LogP contribution in [0.3, 0.4) is 0 Å². The number of carbonyl (C=O) groups is 1. The number of hydrogen-bond donors (Lipinski definition) is 3. The molecule has 0 radical (unpaired) electrons. The number of alkyl halides is 3. The number of benzene rings is 2. The Morgan fingerprint density at radius 3 is 2.44 bits per heavy atom. The lowest BCUT2D eigenvalue weighted by Crippen LogP contribution is -2.30. The predicted octanol–water partition coefficient (Wildman–Crippen LogP) is 2.43. The maximum Gasteiger partial charge on any atom is 0.470 e. The van der Waals surface area contributed by atoms with Crippen molar-refractivity contribution < 1.29 is 43.6 Å². The molecule has 4 N–H and O–H groups in total. The van der Waals surface area contributed by atoms with Crippen molar-refractivity contribution in [3.63, 3.8) is 0 Å². The fourth-order valence-electron chi connectivity index (χ4n) is 3.71. The van der Waals surface area contributed by atoms with E-state index in [4.69, 9.17) is 9.56 Å². The maximum atomic E-state index is 12.7. The van der Waals surface area contributed by atoms with E-state index in [1.54, 1.807) is 30.3 Å². The van der Waals surface area contributed by atoms with Crippen LogP contribution in [0.4, 0.5) is 19.2 Å². The molecule has 0 aliphatic rings. The van der Waals surface area contributed by atoms with Crippen LogP contribution in [0.5, 0.6) is 0 Å². The Labute approximate surface area is 243 Å². The van der Waals surface area contributed by atoms with Crippen LogP contribution in [0.1, 0.15) is 38.3 Å². The van der Waals surface area contributed by atoms with Crippen molar-refractivity contribution in [3.8, 4) is 11.1 Å². The molecule has 3 heterocycles. The molecule has 0 fully saturated rings. The third kappa shape index (κ3) is 7.02. The summed E-state index contributed by atoms with van der Waals surface area (Å²) in [4.78, 5) is 17.0. The highest BCUT2D eigenvalue weighted by molar-refractivity contribution is 7.91. The van der Waals surface area contributed by atoms with Crippen LogP contribution in [0.25, 0.3) is 21.3 Å². The molecular formula is C22H17F3N8O7S3. The standard InChI is InChI=1S/C22H17F3N8O7S3/c1-42(35,36)16(18-31-30-15(39-18)9-27-43(26,37)38)19-28-13-6-5-11(8-14(13)41-19)10-3-2-4-12(7-10)17(34)29-21-33-32-20(40-21)22(23,24)25/h2-8,16,27H,9H2,1H3,(H2,26,37,38)(H,29,33,34). The molecule has 1 atom stereocenters. The minimum Gasteiger partial charge on any atom is -0.422 e. The maximum absolute atomic E-state index is 12.7. The van der Waals surface area contributed by atoms with Gasteiger partial charge in [-0.05, 0) is 35.4 Å². The number of hydrogen-bond acceptors (Lipinski definition) is 13. The fourth-order valence-corrected chi connectivity index (χ4v) is 6.57. The highest BCUT2D eigenvalue weighted by atomic mass is 32.2. The van der Waals surface area contributed by atoms with Crippen molar-refractivity contribution in [1.29, 1.82) is 0 Å². The van der Waals surface area contributed by atoms with Gasteiger partial charge in [0.2, 0.25) is 11.8 Å². The Hall–Kier alpha value is -4.31. The molecule has 1 amide bonds. The molecule has 43 heavy (non-hydrogen) atoms. The Kier molecular flexibility index (Phi) is 7.77. The van der Waals surface area contributed by atoms with E-state index in [1.165, 1.54) is 12.1 Å². The normalized spacial score (nSPS) is 13.3. The van der Waals surface area contributed by atoms with E-state index in [9.17, 15) is 34.8 Å².